The van der Waals surface area contributed by atoms with Crippen molar-refractivity contribution in [2.45, 2.75) is 33.7 Å². The number of amides is 2. The molecular weight excluding hydrogens is 284 g/mol. The van der Waals surface area contributed by atoms with Crippen molar-refractivity contribution in [3.05, 3.63) is 29.8 Å². The average Bonchev–Trinajstić information content (AvgIpc) is 2.41. The van der Waals surface area contributed by atoms with Crippen molar-refractivity contribution in [3.8, 4) is 0 Å². The Hall–Kier alpha value is -2.37. The molecule has 0 spiro atoms. The summed E-state index contributed by atoms with van der Waals surface area (Å²) in [4.78, 5) is 34.8. The lowest BCUT2D eigenvalue weighted by atomic mass is 10.0. The number of esters is 1. The lowest BCUT2D eigenvalue weighted by Crippen LogP contribution is -2.45. The van der Waals surface area contributed by atoms with Crippen LogP contribution in [0.1, 0.15) is 26.3 Å². The van der Waals surface area contributed by atoms with Gasteiger partial charge in [-0.25, -0.2) is 4.79 Å². The van der Waals surface area contributed by atoms with Crippen LogP contribution >= 0.6 is 0 Å². The molecule has 0 aromatic heterocycles. The number of hydrogen-bond donors (Lipinski definition) is 2. The number of nitrogens with one attached hydrogen (secondary N) is 2. The van der Waals surface area contributed by atoms with E-state index in [0.717, 1.165) is 5.56 Å². The molecule has 1 rings (SSSR count). The Labute approximate surface area is 130 Å². The monoisotopic (exact) mass is 306 g/mol. The van der Waals surface area contributed by atoms with Crippen LogP contribution in [-0.4, -0.2) is 30.4 Å². The topological polar surface area (TPSA) is 84.5 Å². The standard InChI is InChI=1S/C16H22N2O4/c1-10(2)15(17-12(4)19)16(21)22-9-14(20)18-13-7-5-6-11(3)8-13/h5-8,10,15H,9H2,1-4H3,(H,17,19)(H,18,20). The van der Waals surface area contributed by atoms with Crippen LogP contribution in [0.2, 0.25) is 0 Å². The second-order valence-electron chi connectivity index (χ2n) is 5.45. The highest BCUT2D eigenvalue weighted by Gasteiger charge is 2.25. The van der Waals surface area contributed by atoms with Crippen molar-refractivity contribution < 1.29 is 19.1 Å². The molecule has 0 heterocycles. The highest BCUT2D eigenvalue weighted by molar-refractivity contribution is 5.93. The van der Waals surface area contributed by atoms with Crippen molar-refractivity contribution in [1.29, 1.82) is 0 Å². The van der Waals surface area contributed by atoms with Crippen LogP contribution in [0.15, 0.2) is 24.3 Å². The molecule has 0 aliphatic heterocycles. The number of carbonyl (C=O) groups excluding carboxylic acids is 3. The van der Waals surface area contributed by atoms with Crippen LogP contribution in [0.4, 0.5) is 5.69 Å². The van der Waals surface area contributed by atoms with E-state index in [2.05, 4.69) is 10.6 Å². The number of aryl methyl sites for hydroxylation is 1. The third-order valence-electron chi connectivity index (χ3n) is 2.93. The Balaban J connectivity index is 2.51. The third kappa shape index (κ3) is 5.95. The third-order valence-corrected chi connectivity index (χ3v) is 2.93. The van der Waals surface area contributed by atoms with E-state index in [1.54, 1.807) is 19.9 Å². The van der Waals surface area contributed by atoms with Gasteiger partial charge in [-0.15, -0.1) is 0 Å². The summed E-state index contributed by atoms with van der Waals surface area (Å²) in [6.07, 6.45) is 0. The summed E-state index contributed by atoms with van der Waals surface area (Å²) in [5.41, 5.74) is 1.66. The summed E-state index contributed by atoms with van der Waals surface area (Å²) in [6, 6.07) is 6.54. The van der Waals surface area contributed by atoms with Gasteiger partial charge in [0.1, 0.15) is 6.04 Å². The van der Waals surface area contributed by atoms with E-state index in [-0.39, 0.29) is 11.8 Å². The zero-order valence-corrected chi connectivity index (χ0v) is 13.3. The van der Waals surface area contributed by atoms with Gasteiger partial charge < -0.3 is 15.4 Å². The minimum absolute atomic E-state index is 0.128. The summed E-state index contributed by atoms with van der Waals surface area (Å²) < 4.78 is 4.96. The number of anilines is 1. The highest BCUT2D eigenvalue weighted by Crippen LogP contribution is 2.09. The van der Waals surface area contributed by atoms with Gasteiger partial charge in [0.2, 0.25) is 5.91 Å². The van der Waals surface area contributed by atoms with E-state index in [4.69, 9.17) is 4.74 Å². The molecule has 6 heteroatoms. The van der Waals surface area contributed by atoms with Gasteiger partial charge >= 0.3 is 5.97 Å². The SMILES string of the molecule is CC(=O)NC(C(=O)OCC(=O)Nc1cccc(C)c1)C(C)C. The van der Waals surface area contributed by atoms with Crippen LogP contribution in [0, 0.1) is 12.8 Å². The van der Waals surface area contributed by atoms with Crippen molar-refractivity contribution in [3.63, 3.8) is 0 Å². The van der Waals surface area contributed by atoms with E-state index in [0.29, 0.717) is 5.69 Å². The quantitative estimate of drug-likeness (QED) is 0.782. The number of ether oxygens (including phenoxy) is 1. The van der Waals surface area contributed by atoms with Crippen LogP contribution in [0.5, 0.6) is 0 Å². The van der Waals surface area contributed by atoms with Crippen molar-refractivity contribution >= 4 is 23.5 Å². The van der Waals surface area contributed by atoms with Crippen LogP contribution in [-0.2, 0) is 19.1 Å². The van der Waals surface area contributed by atoms with Gasteiger partial charge in [-0.05, 0) is 30.5 Å². The Kier molecular flexibility index (Phi) is 6.56. The van der Waals surface area contributed by atoms with Gasteiger partial charge in [0.05, 0.1) is 0 Å². The van der Waals surface area contributed by atoms with Gasteiger partial charge in [-0.1, -0.05) is 26.0 Å². The first-order valence-electron chi connectivity index (χ1n) is 7.10. The number of carbonyl (C=O) groups is 3. The summed E-state index contributed by atoms with van der Waals surface area (Å²) in [5.74, 6) is -1.50. The largest absolute Gasteiger partial charge is 0.454 e. The van der Waals surface area contributed by atoms with Crippen molar-refractivity contribution in [2.24, 2.45) is 5.92 Å². The maximum absolute atomic E-state index is 11.9. The molecule has 0 bridgehead atoms. The molecule has 0 aliphatic carbocycles. The number of rotatable bonds is 6. The maximum atomic E-state index is 11.9. The van der Waals surface area contributed by atoms with Gasteiger partial charge in [-0.3, -0.25) is 9.59 Å². The minimum Gasteiger partial charge on any atom is -0.454 e. The number of benzene rings is 1. The average molecular weight is 306 g/mol. The molecule has 0 saturated heterocycles. The molecule has 2 amide bonds. The van der Waals surface area contributed by atoms with E-state index < -0.39 is 24.5 Å². The molecule has 1 aromatic rings. The summed E-state index contributed by atoms with van der Waals surface area (Å²) in [5, 5.41) is 5.16. The normalized spacial score (nSPS) is 11.7. The summed E-state index contributed by atoms with van der Waals surface area (Å²) >= 11 is 0. The van der Waals surface area contributed by atoms with E-state index in [1.165, 1.54) is 6.92 Å². The fourth-order valence-electron chi connectivity index (χ4n) is 1.86. The number of hydrogen-bond acceptors (Lipinski definition) is 4. The van der Waals surface area contributed by atoms with Crippen LogP contribution in [0.25, 0.3) is 0 Å². The Morgan fingerprint density at radius 1 is 1.23 bits per heavy atom. The molecule has 0 saturated carbocycles. The molecule has 1 atom stereocenters. The Morgan fingerprint density at radius 3 is 2.45 bits per heavy atom. The van der Waals surface area contributed by atoms with Gasteiger partial charge in [0, 0.05) is 12.6 Å². The lowest BCUT2D eigenvalue weighted by molar-refractivity contribution is -0.151. The van der Waals surface area contributed by atoms with E-state index in [1.807, 2.05) is 25.1 Å². The molecular formula is C16H22N2O4. The Morgan fingerprint density at radius 2 is 1.91 bits per heavy atom. The summed E-state index contributed by atoms with van der Waals surface area (Å²) in [7, 11) is 0. The predicted octanol–water partition coefficient (Wildman–Crippen LogP) is 1.64. The fraction of sp³-hybridized carbons (Fsp3) is 0.438. The molecule has 120 valence electrons. The van der Waals surface area contributed by atoms with Crippen molar-refractivity contribution in [2.75, 3.05) is 11.9 Å². The molecule has 0 aliphatic rings. The van der Waals surface area contributed by atoms with E-state index in [9.17, 15) is 14.4 Å². The molecule has 22 heavy (non-hydrogen) atoms. The molecule has 1 aromatic carbocycles. The van der Waals surface area contributed by atoms with Gasteiger partial charge in [0.25, 0.3) is 5.91 Å². The highest BCUT2D eigenvalue weighted by atomic mass is 16.5. The maximum Gasteiger partial charge on any atom is 0.329 e. The van der Waals surface area contributed by atoms with Crippen LogP contribution in [0.3, 0.4) is 0 Å². The first kappa shape index (κ1) is 17.7. The first-order chi connectivity index (χ1) is 10.3. The van der Waals surface area contributed by atoms with Gasteiger partial charge in [-0.2, -0.15) is 0 Å². The lowest BCUT2D eigenvalue weighted by Gasteiger charge is -2.19. The second kappa shape index (κ2) is 8.17. The first-order valence-corrected chi connectivity index (χ1v) is 7.10. The van der Waals surface area contributed by atoms with Crippen molar-refractivity contribution in [1.82, 2.24) is 5.32 Å². The molecule has 0 fully saturated rings. The molecule has 2 N–H and O–H groups in total. The van der Waals surface area contributed by atoms with Crippen LogP contribution < -0.4 is 10.6 Å². The fourth-order valence-corrected chi connectivity index (χ4v) is 1.86. The van der Waals surface area contributed by atoms with Gasteiger partial charge in [0.15, 0.2) is 6.61 Å². The zero-order valence-electron chi connectivity index (χ0n) is 13.3. The minimum atomic E-state index is -0.760. The molecule has 6 nitrogen and oxygen atoms in total. The summed E-state index contributed by atoms with van der Waals surface area (Å²) in [6.45, 7) is 6.42. The second-order valence-corrected chi connectivity index (χ2v) is 5.45. The smallest absolute Gasteiger partial charge is 0.329 e. The predicted molar refractivity (Wildman–Crippen MR) is 83.2 cm³/mol. The molecule has 1 unspecified atom stereocenters. The molecule has 0 radical (unpaired) electrons. The van der Waals surface area contributed by atoms with E-state index >= 15 is 0 Å². The Bertz CT molecular complexity index is 555. The zero-order chi connectivity index (χ0) is 16.7.